The average Bonchev–Trinajstić information content (AvgIpc) is 2.90. The Morgan fingerprint density at radius 1 is 1.26 bits per heavy atom. The normalized spacial score (nSPS) is 17.3. The number of nitrogens with one attached hydrogen (secondary N) is 1. The third-order valence-electron chi connectivity index (χ3n) is 3.21. The summed E-state index contributed by atoms with van der Waals surface area (Å²) < 4.78 is 28.6. The zero-order valence-corrected chi connectivity index (χ0v) is 11.3. The predicted molar refractivity (Wildman–Crippen MR) is 69.3 cm³/mol. The molecule has 0 spiro atoms. The van der Waals surface area contributed by atoms with Crippen LogP contribution in [0.2, 0.25) is 0 Å². The van der Waals surface area contributed by atoms with Gasteiger partial charge >= 0.3 is 0 Å². The Hall–Kier alpha value is -1.73. The minimum atomic E-state index is -3.44. The van der Waals surface area contributed by atoms with Gasteiger partial charge in [-0.25, -0.2) is 17.8 Å². The van der Waals surface area contributed by atoms with Gasteiger partial charge in [-0.15, -0.1) is 5.10 Å². The minimum Gasteiger partial charge on any atom is -0.221 e. The van der Waals surface area contributed by atoms with Crippen molar-refractivity contribution in [2.45, 2.75) is 30.2 Å². The molecule has 0 unspecified atom stereocenters. The van der Waals surface area contributed by atoms with Crippen molar-refractivity contribution in [1.29, 1.82) is 0 Å². The third kappa shape index (κ3) is 2.52. The van der Waals surface area contributed by atoms with Gasteiger partial charge in [-0.2, -0.15) is 0 Å². The zero-order valence-electron chi connectivity index (χ0n) is 10.4. The summed E-state index contributed by atoms with van der Waals surface area (Å²) >= 11 is 0. The van der Waals surface area contributed by atoms with Crippen LogP contribution in [0.25, 0.3) is 5.69 Å². The summed E-state index contributed by atoms with van der Waals surface area (Å²) in [4.78, 5) is 0.268. The lowest BCUT2D eigenvalue weighted by Crippen LogP contribution is -2.34. The van der Waals surface area contributed by atoms with E-state index in [0.717, 1.165) is 18.5 Å². The molecule has 6 nitrogen and oxygen atoms in total. The van der Waals surface area contributed by atoms with Crippen molar-refractivity contribution >= 4 is 10.0 Å². The van der Waals surface area contributed by atoms with Crippen LogP contribution in [0.4, 0.5) is 0 Å². The Morgan fingerprint density at radius 2 is 1.95 bits per heavy atom. The summed E-state index contributed by atoms with van der Waals surface area (Å²) in [7, 11) is -3.44. The van der Waals surface area contributed by atoms with Crippen molar-refractivity contribution in [3.8, 4) is 5.69 Å². The molecule has 1 aromatic heterocycles. The Morgan fingerprint density at radius 3 is 2.47 bits per heavy atom. The van der Waals surface area contributed by atoms with Crippen molar-refractivity contribution < 1.29 is 8.42 Å². The van der Waals surface area contributed by atoms with Gasteiger partial charge in [0.05, 0.1) is 23.0 Å². The third-order valence-corrected chi connectivity index (χ3v) is 4.87. The van der Waals surface area contributed by atoms with Gasteiger partial charge in [0.1, 0.15) is 0 Å². The van der Waals surface area contributed by atoms with Crippen molar-refractivity contribution in [3.63, 3.8) is 0 Å². The summed E-state index contributed by atoms with van der Waals surface area (Å²) in [6, 6.07) is 6.56. The average molecular weight is 278 g/mol. The van der Waals surface area contributed by atoms with Crippen LogP contribution in [0.5, 0.6) is 0 Å². The standard InChI is InChI=1S/C12H14N4O2S/c1-12(6-7-12)14-19(17,18)11-4-2-10(3-5-11)16-9-8-13-15-16/h2-5,8-9,14H,6-7H2,1H3. The molecule has 1 fully saturated rings. The van der Waals surface area contributed by atoms with Gasteiger partial charge in [-0.05, 0) is 44.0 Å². The molecule has 0 bridgehead atoms. The van der Waals surface area contributed by atoms with Crippen molar-refractivity contribution in [2.75, 3.05) is 0 Å². The molecule has 0 atom stereocenters. The van der Waals surface area contributed by atoms with E-state index in [-0.39, 0.29) is 10.4 Å². The van der Waals surface area contributed by atoms with E-state index in [9.17, 15) is 8.42 Å². The fourth-order valence-electron chi connectivity index (χ4n) is 1.80. The fraction of sp³-hybridized carbons (Fsp3) is 0.333. The molecule has 100 valence electrons. The molecule has 2 aromatic rings. The van der Waals surface area contributed by atoms with Crippen LogP contribution in [-0.2, 0) is 10.0 Å². The molecule has 0 saturated heterocycles. The summed E-state index contributed by atoms with van der Waals surface area (Å²) in [5, 5.41) is 7.56. The van der Waals surface area contributed by atoms with E-state index in [1.165, 1.54) is 0 Å². The van der Waals surface area contributed by atoms with Gasteiger partial charge in [-0.1, -0.05) is 5.21 Å². The van der Waals surface area contributed by atoms with Crippen LogP contribution >= 0.6 is 0 Å². The molecule has 1 N–H and O–H groups in total. The lowest BCUT2D eigenvalue weighted by atomic mass is 10.3. The molecule has 7 heteroatoms. The van der Waals surface area contributed by atoms with E-state index in [4.69, 9.17) is 0 Å². The van der Waals surface area contributed by atoms with Crippen molar-refractivity contribution in [1.82, 2.24) is 19.7 Å². The number of hydrogen-bond acceptors (Lipinski definition) is 4. The van der Waals surface area contributed by atoms with Crippen LogP contribution in [0, 0.1) is 0 Å². The second kappa shape index (κ2) is 4.14. The fourth-order valence-corrected chi connectivity index (χ4v) is 3.26. The quantitative estimate of drug-likeness (QED) is 0.908. The molecule has 1 aromatic carbocycles. The molecule has 1 aliphatic rings. The SMILES string of the molecule is CC1(NS(=O)(=O)c2ccc(-n3ccnn3)cc2)CC1. The maximum Gasteiger partial charge on any atom is 0.241 e. The van der Waals surface area contributed by atoms with Crippen molar-refractivity contribution in [2.24, 2.45) is 0 Å². The second-order valence-corrected chi connectivity index (χ2v) is 6.69. The first-order valence-corrected chi connectivity index (χ1v) is 7.48. The van der Waals surface area contributed by atoms with Crippen LogP contribution in [-0.4, -0.2) is 29.0 Å². The van der Waals surface area contributed by atoms with Crippen LogP contribution in [0.15, 0.2) is 41.6 Å². The summed E-state index contributed by atoms with van der Waals surface area (Å²) in [5.74, 6) is 0. The van der Waals surface area contributed by atoms with E-state index in [1.54, 1.807) is 41.3 Å². The zero-order chi connectivity index (χ0) is 13.5. The smallest absolute Gasteiger partial charge is 0.221 e. The highest BCUT2D eigenvalue weighted by atomic mass is 32.2. The summed E-state index contributed by atoms with van der Waals surface area (Å²) in [6.07, 6.45) is 5.06. The van der Waals surface area contributed by atoms with Gasteiger partial charge in [-0.3, -0.25) is 0 Å². The van der Waals surface area contributed by atoms with Crippen LogP contribution < -0.4 is 4.72 Å². The number of nitrogens with zero attached hydrogens (tertiary/aromatic N) is 3. The first kappa shape index (κ1) is 12.3. The molecular weight excluding hydrogens is 264 g/mol. The number of benzene rings is 1. The second-order valence-electron chi connectivity index (χ2n) is 5.01. The molecule has 1 saturated carbocycles. The number of rotatable bonds is 4. The van der Waals surface area contributed by atoms with Gasteiger partial charge in [0.2, 0.25) is 10.0 Å². The lowest BCUT2D eigenvalue weighted by Gasteiger charge is -2.12. The predicted octanol–water partition coefficient (Wildman–Crippen LogP) is 1.10. The molecule has 1 heterocycles. The molecule has 0 aliphatic heterocycles. The van der Waals surface area contributed by atoms with E-state index in [1.807, 2.05) is 6.92 Å². The molecule has 19 heavy (non-hydrogen) atoms. The highest BCUT2D eigenvalue weighted by Gasteiger charge is 2.41. The maximum atomic E-state index is 12.1. The van der Waals surface area contributed by atoms with E-state index in [2.05, 4.69) is 15.0 Å². The Labute approximate surface area is 111 Å². The Bertz CT molecular complexity index is 673. The highest BCUT2D eigenvalue weighted by molar-refractivity contribution is 7.89. The molecule has 1 aliphatic carbocycles. The monoisotopic (exact) mass is 278 g/mol. The summed E-state index contributed by atoms with van der Waals surface area (Å²) in [5.41, 5.74) is 0.512. The minimum absolute atomic E-state index is 0.261. The van der Waals surface area contributed by atoms with Crippen molar-refractivity contribution in [3.05, 3.63) is 36.7 Å². The van der Waals surface area contributed by atoms with Gasteiger partial charge in [0, 0.05) is 5.54 Å². The number of sulfonamides is 1. The van der Waals surface area contributed by atoms with Gasteiger partial charge in [0.25, 0.3) is 0 Å². The number of hydrogen-bond donors (Lipinski definition) is 1. The molecule has 0 amide bonds. The number of aromatic nitrogens is 3. The maximum absolute atomic E-state index is 12.1. The lowest BCUT2D eigenvalue weighted by molar-refractivity contribution is 0.558. The van der Waals surface area contributed by atoms with E-state index in [0.29, 0.717) is 0 Å². The Balaban J connectivity index is 1.86. The van der Waals surface area contributed by atoms with Gasteiger partial charge < -0.3 is 0 Å². The molecule has 3 rings (SSSR count). The van der Waals surface area contributed by atoms with Gasteiger partial charge in [0.15, 0.2) is 0 Å². The van der Waals surface area contributed by atoms with E-state index >= 15 is 0 Å². The first-order valence-electron chi connectivity index (χ1n) is 5.99. The van der Waals surface area contributed by atoms with Crippen LogP contribution in [0.3, 0.4) is 0 Å². The molecular formula is C12H14N4O2S. The highest BCUT2D eigenvalue weighted by Crippen LogP contribution is 2.35. The largest absolute Gasteiger partial charge is 0.241 e. The Kier molecular flexibility index (Phi) is 2.68. The topological polar surface area (TPSA) is 76.9 Å². The van der Waals surface area contributed by atoms with E-state index < -0.39 is 10.0 Å². The first-order chi connectivity index (χ1) is 8.99. The molecule has 0 radical (unpaired) electrons. The summed E-state index contributed by atoms with van der Waals surface area (Å²) in [6.45, 7) is 1.91. The van der Waals surface area contributed by atoms with Crippen LogP contribution in [0.1, 0.15) is 19.8 Å².